The molecule has 0 saturated carbocycles. The summed E-state index contributed by atoms with van der Waals surface area (Å²) >= 11 is 0. The molecular weight excluding hydrogens is 362 g/mol. The number of hydroxylamine groups is 2. The van der Waals surface area contributed by atoms with Gasteiger partial charge in [0.1, 0.15) is 0 Å². The van der Waals surface area contributed by atoms with Crippen LogP contribution >= 0.6 is 0 Å². The highest BCUT2D eigenvalue weighted by Crippen LogP contribution is 2.28. The van der Waals surface area contributed by atoms with Crippen molar-refractivity contribution in [1.29, 1.82) is 0 Å². The maximum atomic E-state index is 13.0. The molecule has 0 radical (unpaired) electrons. The lowest BCUT2D eigenvalue weighted by Crippen LogP contribution is -2.48. The molecule has 0 spiro atoms. The number of benzene rings is 2. The van der Waals surface area contributed by atoms with E-state index in [0.717, 1.165) is 5.56 Å². The molecule has 0 heterocycles. The summed E-state index contributed by atoms with van der Waals surface area (Å²) in [6, 6.07) is 12.9. The van der Waals surface area contributed by atoms with E-state index in [0.29, 0.717) is 22.6 Å². The maximum Gasteiger partial charge on any atom is 0.364 e. The van der Waals surface area contributed by atoms with Gasteiger partial charge in [0, 0.05) is 6.42 Å². The molecule has 0 aliphatic carbocycles. The zero-order valence-electron chi connectivity index (χ0n) is 15.8. The van der Waals surface area contributed by atoms with Gasteiger partial charge in [0.25, 0.3) is 5.91 Å². The molecule has 0 fully saturated rings. The molecule has 2 aromatic carbocycles. The first-order chi connectivity index (χ1) is 13.4. The number of nitrogens with zero attached hydrogens (tertiary/aromatic N) is 1. The lowest BCUT2D eigenvalue weighted by Gasteiger charge is -2.26. The predicted molar refractivity (Wildman–Crippen MR) is 102 cm³/mol. The van der Waals surface area contributed by atoms with Crippen molar-refractivity contribution in [2.75, 3.05) is 6.61 Å². The van der Waals surface area contributed by atoms with Gasteiger partial charge in [-0.15, -0.1) is 0 Å². The van der Waals surface area contributed by atoms with Crippen LogP contribution in [0.1, 0.15) is 36.2 Å². The molecule has 1 amide bonds. The van der Waals surface area contributed by atoms with Crippen LogP contribution in [0.25, 0.3) is 11.1 Å². The Morgan fingerprint density at radius 1 is 1.04 bits per heavy atom. The number of aliphatic hydroxyl groups excluding tert-OH is 1. The van der Waals surface area contributed by atoms with Crippen molar-refractivity contribution in [3.05, 3.63) is 59.7 Å². The van der Waals surface area contributed by atoms with Crippen molar-refractivity contribution >= 4 is 17.8 Å². The standard InChI is InChI=1S/C21H23NO6/c1-3-14-11-8-12-16(15-9-6-5-7-10-15)19(14)21(27)28-22(18(24)4-2)17(13-23)20(25)26/h5-12,17,23H,3-4,13H2,1-2H3,(H,25,26)/t17-/m0/s1. The molecule has 0 bridgehead atoms. The Morgan fingerprint density at radius 3 is 2.25 bits per heavy atom. The average molecular weight is 385 g/mol. The molecule has 28 heavy (non-hydrogen) atoms. The molecule has 0 saturated heterocycles. The molecule has 0 unspecified atom stereocenters. The fourth-order valence-corrected chi connectivity index (χ4v) is 2.83. The summed E-state index contributed by atoms with van der Waals surface area (Å²) in [6.45, 7) is 2.51. The van der Waals surface area contributed by atoms with Crippen LogP contribution < -0.4 is 0 Å². The second-order valence-corrected chi connectivity index (χ2v) is 6.05. The lowest BCUT2D eigenvalue weighted by molar-refractivity contribution is -0.190. The number of aliphatic hydroxyl groups is 1. The third-order valence-electron chi connectivity index (χ3n) is 4.29. The smallest absolute Gasteiger partial charge is 0.364 e. The number of aryl methyl sites for hydroxylation is 1. The minimum Gasteiger partial charge on any atom is -0.480 e. The number of hydrogen-bond acceptors (Lipinski definition) is 5. The largest absolute Gasteiger partial charge is 0.480 e. The van der Waals surface area contributed by atoms with Crippen LogP contribution in [0.4, 0.5) is 0 Å². The fraction of sp³-hybridized carbons (Fsp3) is 0.286. The summed E-state index contributed by atoms with van der Waals surface area (Å²) < 4.78 is 0. The summed E-state index contributed by atoms with van der Waals surface area (Å²) in [5.41, 5.74) is 2.36. The number of carboxylic acid groups (broad SMARTS) is 1. The highest BCUT2D eigenvalue weighted by Gasteiger charge is 2.33. The normalized spacial score (nSPS) is 11.5. The van der Waals surface area contributed by atoms with Crippen molar-refractivity contribution < 1.29 is 29.4 Å². The second kappa shape index (κ2) is 9.66. The zero-order chi connectivity index (χ0) is 20.7. The second-order valence-electron chi connectivity index (χ2n) is 6.05. The monoisotopic (exact) mass is 385 g/mol. The van der Waals surface area contributed by atoms with Gasteiger partial charge in [0.15, 0.2) is 6.04 Å². The summed E-state index contributed by atoms with van der Waals surface area (Å²) in [5, 5.41) is 19.1. The third-order valence-corrected chi connectivity index (χ3v) is 4.29. The van der Waals surface area contributed by atoms with E-state index in [4.69, 9.17) is 4.84 Å². The number of aliphatic carboxylic acids is 1. The maximum absolute atomic E-state index is 13.0. The van der Waals surface area contributed by atoms with E-state index in [1.54, 1.807) is 12.1 Å². The molecule has 1 atom stereocenters. The van der Waals surface area contributed by atoms with Crippen LogP contribution in [-0.2, 0) is 20.8 Å². The van der Waals surface area contributed by atoms with E-state index in [2.05, 4.69) is 0 Å². The van der Waals surface area contributed by atoms with Crippen LogP contribution in [0.5, 0.6) is 0 Å². The van der Waals surface area contributed by atoms with Crippen molar-refractivity contribution in [3.8, 4) is 11.1 Å². The number of carbonyl (C=O) groups excluding carboxylic acids is 2. The summed E-state index contributed by atoms with van der Waals surface area (Å²) in [4.78, 5) is 41.8. The number of amides is 1. The molecule has 148 valence electrons. The van der Waals surface area contributed by atoms with E-state index in [1.165, 1.54) is 6.92 Å². The molecule has 0 aliphatic heterocycles. The van der Waals surface area contributed by atoms with Gasteiger partial charge in [0.2, 0.25) is 0 Å². The van der Waals surface area contributed by atoms with Crippen LogP contribution in [0.15, 0.2) is 48.5 Å². The number of rotatable bonds is 7. The Kier molecular flexibility index (Phi) is 7.28. The fourth-order valence-electron chi connectivity index (χ4n) is 2.83. The summed E-state index contributed by atoms with van der Waals surface area (Å²) in [5.74, 6) is -3.04. The lowest BCUT2D eigenvalue weighted by atomic mass is 9.94. The highest BCUT2D eigenvalue weighted by molar-refractivity contribution is 5.99. The minimum atomic E-state index is -1.68. The van der Waals surface area contributed by atoms with Crippen molar-refractivity contribution in [2.24, 2.45) is 0 Å². The number of carbonyl (C=O) groups is 3. The van der Waals surface area contributed by atoms with E-state index in [1.807, 2.05) is 43.3 Å². The van der Waals surface area contributed by atoms with Gasteiger partial charge in [0.05, 0.1) is 12.2 Å². The number of carboxylic acids is 1. The Balaban J connectivity index is 2.49. The van der Waals surface area contributed by atoms with Crippen LogP contribution in [0.3, 0.4) is 0 Å². The van der Waals surface area contributed by atoms with E-state index < -0.39 is 30.5 Å². The molecular formula is C21H23NO6. The van der Waals surface area contributed by atoms with Crippen LogP contribution in [0.2, 0.25) is 0 Å². The number of hydrogen-bond donors (Lipinski definition) is 2. The zero-order valence-corrected chi connectivity index (χ0v) is 15.8. The average Bonchev–Trinajstić information content (AvgIpc) is 2.72. The van der Waals surface area contributed by atoms with Gasteiger partial charge >= 0.3 is 11.9 Å². The Bertz CT molecular complexity index is 849. The molecule has 7 heteroatoms. The summed E-state index contributed by atoms with van der Waals surface area (Å²) in [6.07, 6.45) is 0.452. The first-order valence-electron chi connectivity index (χ1n) is 8.99. The molecule has 2 rings (SSSR count). The topological polar surface area (TPSA) is 104 Å². The van der Waals surface area contributed by atoms with Crippen molar-refractivity contribution in [3.63, 3.8) is 0 Å². The molecule has 2 N–H and O–H groups in total. The molecule has 7 nitrogen and oxygen atoms in total. The third kappa shape index (κ3) is 4.55. The highest BCUT2D eigenvalue weighted by atomic mass is 16.7. The van der Waals surface area contributed by atoms with Gasteiger partial charge in [-0.3, -0.25) is 4.79 Å². The van der Waals surface area contributed by atoms with Gasteiger partial charge in [-0.25, -0.2) is 9.59 Å². The molecule has 0 aromatic heterocycles. The van der Waals surface area contributed by atoms with Crippen molar-refractivity contribution in [1.82, 2.24) is 5.06 Å². The van der Waals surface area contributed by atoms with E-state index in [-0.39, 0.29) is 12.0 Å². The first-order valence-corrected chi connectivity index (χ1v) is 8.99. The molecule has 0 aliphatic rings. The van der Waals surface area contributed by atoms with Crippen LogP contribution in [-0.4, -0.2) is 45.8 Å². The van der Waals surface area contributed by atoms with Gasteiger partial charge < -0.3 is 15.1 Å². The Hall–Kier alpha value is -3.19. The van der Waals surface area contributed by atoms with Crippen LogP contribution in [0, 0.1) is 0 Å². The predicted octanol–water partition coefficient (Wildman–Crippen LogP) is 2.67. The van der Waals surface area contributed by atoms with Crippen molar-refractivity contribution in [2.45, 2.75) is 32.7 Å². The SMILES string of the molecule is CCC(=O)N(OC(=O)c1c(CC)cccc1-c1ccccc1)[C@@H](CO)C(=O)O. The van der Waals surface area contributed by atoms with E-state index >= 15 is 0 Å². The molecule has 2 aromatic rings. The van der Waals surface area contributed by atoms with Gasteiger partial charge in [-0.05, 0) is 23.1 Å². The quantitative estimate of drug-likeness (QED) is 0.710. The first kappa shape index (κ1) is 21.1. The Morgan fingerprint density at radius 2 is 1.71 bits per heavy atom. The summed E-state index contributed by atoms with van der Waals surface area (Å²) in [7, 11) is 0. The van der Waals surface area contributed by atoms with Gasteiger partial charge in [-0.1, -0.05) is 62.4 Å². The Labute approximate surface area is 163 Å². The van der Waals surface area contributed by atoms with E-state index in [9.17, 15) is 24.6 Å². The minimum absolute atomic E-state index is 0.0853. The van der Waals surface area contributed by atoms with Gasteiger partial charge in [-0.2, -0.15) is 5.06 Å².